The summed E-state index contributed by atoms with van der Waals surface area (Å²) in [4.78, 5) is 14.4. The second-order valence-electron chi connectivity index (χ2n) is 8.51. The van der Waals surface area contributed by atoms with Gasteiger partial charge in [-0.15, -0.1) is 11.3 Å². The van der Waals surface area contributed by atoms with Crippen LogP contribution in [0, 0.1) is 5.41 Å². The number of thiophene rings is 1. The first kappa shape index (κ1) is 18.2. The van der Waals surface area contributed by atoms with E-state index < -0.39 is 5.97 Å². The summed E-state index contributed by atoms with van der Waals surface area (Å²) >= 11 is 1.68. The molecule has 0 bridgehead atoms. The van der Waals surface area contributed by atoms with Crippen LogP contribution in [-0.4, -0.2) is 18.1 Å². The number of carboxylic acids is 1. The molecule has 0 spiro atoms. The minimum absolute atomic E-state index is 0.00213. The summed E-state index contributed by atoms with van der Waals surface area (Å²) < 4.78 is 0. The van der Waals surface area contributed by atoms with Crippen LogP contribution in [-0.2, 0) is 18.4 Å². The topological polar surface area (TPSA) is 49.3 Å². The van der Waals surface area contributed by atoms with Crippen LogP contribution in [0.5, 0.6) is 0 Å². The van der Waals surface area contributed by atoms with Gasteiger partial charge < -0.3 is 10.4 Å². The molecule has 0 atom stereocenters. The van der Waals surface area contributed by atoms with Crippen LogP contribution in [0.15, 0.2) is 24.3 Å². The molecule has 3 nitrogen and oxygen atoms in total. The summed E-state index contributed by atoms with van der Waals surface area (Å²) in [6, 6.07) is 8.13. The van der Waals surface area contributed by atoms with Crippen LogP contribution >= 0.6 is 11.3 Å². The quantitative estimate of drug-likeness (QED) is 0.802. The van der Waals surface area contributed by atoms with E-state index in [2.05, 4.69) is 45.1 Å². The first-order valence-electron chi connectivity index (χ1n) is 8.78. The van der Waals surface area contributed by atoms with Crippen LogP contribution in [0.2, 0.25) is 0 Å². The SMILES string of the molecule is CNCc1ccccc1-c1sc2c(c1C(=O)O)CC(C)(C)CC2(C)C. The van der Waals surface area contributed by atoms with E-state index in [9.17, 15) is 9.90 Å². The number of hydrogen-bond acceptors (Lipinski definition) is 3. The molecule has 25 heavy (non-hydrogen) atoms. The minimum Gasteiger partial charge on any atom is -0.478 e. The highest BCUT2D eigenvalue weighted by atomic mass is 32.1. The van der Waals surface area contributed by atoms with Crippen LogP contribution < -0.4 is 5.32 Å². The molecule has 134 valence electrons. The van der Waals surface area contributed by atoms with Crippen LogP contribution in [0.4, 0.5) is 0 Å². The van der Waals surface area contributed by atoms with Crippen molar-refractivity contribution in [2.24, 2.45) is 5.41 Å². The zero-order valence-electron chi connectivity index (χ0n) is 15.7. The van der Waals surface area contributed by atoms with Crippen molar-refractivity contribution in [1.82, 2.24) is 5.32 Å². The van der Waals surface area contributed by atoms with E-state index >= 15 is 0 Å². The van der Waals surface area contributed by atoms with E-state index in [-0.39, 0.29) is 10.8 Å². The molecule has 1 aliphatic carbocycles. The van der Waals surface area contributed by atoms with Crippen molar-refractivity contribution >= 4 is 17.3 Å². The van der Waals surface area contributed by atoms with Gasteiger partial charge in [0.1, 0.15) is 0 Å². The Morgan fingerprint density at radius 2 is 1.92 bits per heavy atom. The highest BCUT2D eigenvalue weighted by Gasteiger charge is 2.42. The minimum atomic E-state index is -0.805. The molecule has 3 rings (SSSR count). The van der Waals surface area contributed by atoms with Crippen molar-refractivity contribution in [2.75, 3.05) is 7.05 Å². The Kier molecular flexibility index (Phi) is 4.54. The zero-order chi connectivity index (χ0) is 18.4. The zero-order valence-corrected chi connectivity index (χ0v) is 16.5. The van der Waals surface area contributed by atoms with Crippen molar-refractivity contribution in [3.63, 3.8) is 0 Å². The number of fused-ring (bicyclic) bond motifs is 1. The Labute approximate surface area is 154 Å². The summed E-state index contributed by atoms with van der Waals surface area (Å²) in [5.41, 5.74) is 3.87. The smallest absolute Gasteiger partial charge is 0.337 e. The molecular formula is C21H27NO2S. The Hall–Kier alpha value is -1.65. The first-order chi connectivity index (χ1) is 11.7. The van der Waals surface area contributed by atoms with Crippen molar-refractivity contribution in [2.45, 2.75) is 52.5 Å². The highest BCUT2D eigenvalue weighted by Crippen LogP contribution is 2.52. The second kappa shape index (κ2) is 6.26. The van der Waals surface area contributed by atoms with Gasteiger partial charge in [-0.3, -0.25) is 0 Å². The molecule has 1 aromatic carbocycles. The largest absolute Gasteiger partial charge is 0.478 e. The molecule has 4 heteroatoms. The van der Waals surface area contributed by atoms with Crippen molar-refractivity contribution in [3.8, 4) is 10.4 Å². The van der Waals surface area contributed by atoms with Gasteiger partial charge in [-0.2, -0.15) is 0 Å². The number of nitrogens with one attached hydrogen (secondary N) is 1. The van der Waals surface area contributed by atoms with E-state index in [1.807, 2.05) is 19.2 Å². The van der Waals surface area contributed by atoms with Gasteiger partial charge in [0.05, 0.1) is 5.56 Å². The van der Waals surface area contributed by atoms with Gasteiger partial charge >= 0.3 is 5.97 Å². The van der Waals surface area contributed by atoms with Crippen LogP contribution in [0.3, 0.4) is 0 Å². The van der Waals surface area contributed by atoms with Crippen molar-refractivity contribution in [1.29, 1.82) is 0 Å². The molecule has 1 aliphatic rings. The molecular weight excluding hydrogens is 330 g/mol. The Bertz CT molecular complexity index is 817. The van der Waals surface area contributed by atoms with Crippen LogP contribution in [0.1, 0.15) is 60.5 Å². The number of benzene rings is 1. The summed E-state index contributed by atoms with van der Waals surface area (Å²) in [7, 11) is 1.92. The normalized spacial score (nSPS) is 18.0. The lowest BCUT2D eigenvalue weighted by molar-refractivity contribution is 0.0695. The van der Waals surface area contributed by atoms with E-state index in [0.29, 0.717) is 5.56 Å². The standard InChI is InChI=1S/C21H27NO2S/c1-20(2)10-15-16(19(23)24)17(25-18(15)21(3,4)12-20)14-9-7-6-8-13(14)11-22-5/h6-9,22H,10-12H2,1-5H3,(H,23,24). The molecule has 0 saturated heterocycles. The molecule has 1 heterocycles. The lowest BCUT2D eigenvalue weighted by atomic mass is 9.65. The molecule has 2 N–H and O–H groups in total. The third kappa shape index (κ3) is 3.25. The summed E-state index contributed by atoms with van der Waals surface area (Å²) in [5.74, 6) is -0.805. The summed E-state index contributed by atoms with van der Waals surface area (Å²) in [6.45, 7) is 9.72. The lowest BCUT2D eigenvalue weighted by Gasteiger charge is -2.40. The Balaban J connectivity index is 2.28. The molecule has 0 unspecified atom stereocenters. The number of carbonyl (C=O) groups is 1. The maximum atomic E-state index is 12.2. The Morgan fingerprint density at radius 1 is 1.24 bits per heavy atom. The fourth-order valence-corrected chi connectivity index (χ4v) is 5.97. The molecule has 0 radical (unpaired) electrons. The number of aromatic carboxylic acids is 1. The summed E-state index contributed by atoms with van der Waals surface area (Å²) in [5, 5.41) is 13.2. The average molecular weight is 358 g/mol. The van der Waals surface area contributed by atoms with Gasteiger partial charge in [-0.25, -0.2) is 4.79 Å². The first-order valence-corrected chi connectivity index (χ1v) is 9.60. The maximum Gasteiger partial charge on any atom is 0.337 e. The number of carboxylic acid groups (broad SMARTS) is 1. The third-order valence-corrected chi connectivity index (χ3v) is 6.67. The lowest BCUT2D eigenvalue weighted by Crippen LogP contribution is -2.34. The third-order valence-electron chi connectivity index (χ3n) is 5.04. The van der Waals surface area contributed by atoms with E-state index in [1.165, 1.54) is 4.88 Å². The fourth-order valence-electron chi connectivity index (χ4n) is 4.50. The number of rotatable bonds is 4. The highest BCUT2D eigenvalue weighted by molar-refractivity contribution is 7.16. The van der Waals surface area contributed by atoms with Crippen LogP contribution in [0.25, 0.3) is 10.4 Å². The van der Waals surface area contributed by atoms with Gasteiger partial charge in [0.15, 0.2) is 0 Å². The second-order valence-corrected chi connectivity index (χ2v) is 9.53. The van der Waals surface area contributed by atoms with Gasteiger partial charge in [0.2, 0.25) is 0 Å². The molecule has 0 amide bonds. The average Bonchev–Trinajstić information content (AvgIpc) is 2.86. The predicted octanol–water partition coefficient (Wildman–Crippen LogP) is 5.08. The van der Waals surface area contributed by atoms with Gasteiger partial charge in [0.25, 0.3) is 0 Å². The van der Waals surface area contributed by atoms with E-state index in [0.717, 1.165) is 41.0 Å². The van der Waals surface area contributed by atoms with Crippen molar-refractivity contribution in [3.05, 3.63) is 45.8 Å². The molecule has 1 aromatic heterocycles. The van der Waals surface area contributed by atoms with Gasteiger partial charge in [-0.1, -0.05) is 52.0 Å². The predicted molar refractivity (Wildman–Crippen MR) is 105 cm³/mol. The molecule has 0 aliphatic heterocycles. The fraction of sp³-hybridized carbons (Fsp3) is 0.476. The molecule has 2 aromatic rings. The molecule has 0 saturated carbocycles. The van der Waals surface area contributed by atoms with Gasteiger partial charge in [-0.05, 0) is 47.4 Å². The number of hydrogen-bond donors (Lipinski definition) is 2. The summed E-state index contributed by atoms with van der Waals surface area (Å²) in [6.07, 6.45) is 1.91. The Morgan fingerprint density at radius 3 is 2.56 bits per heavy atom. The van der Waals surface area contributed by atoms with E-state index in [1.54, 1.807) is 11.3 Å². The molecule has 0 fully saturated rings. The monoisotopic (exact) mass is 357 g/mol. The van der Waals surface area contributed by atoms with Gasteiger partial charge in [0, 0.05) is 16.3 Å². The van der Waals surface area contributed by atoms with E-state index in [4.69, 9.17) is 0 Å². The maximum absolute atomic E-state index is 12.2. The van der Waals surface area contributed by atoms with Crippen molar-refractivity contribution < 1.29 is 9.90 Å².